The molecule has 1 fully saturated rings. The van der Waals surface area contributed by atoms with E-state index >= 15 is 0 Å². The Morgan fingerprint density at radius 2 is 2.12 bits per heavy atom. The maximum atomic E-state index is 5.79. The normalized spacial score (nSPS) is 16.6. The number of H-pyrrole nitrogens is 1. The number of nitrogens with one attached hydrogen (secondary N) is 1. The molecular formula is C13H18N4. The summed E-state index contributed by atoms with van der Waals surface area (Å²) in [5, 5.41) is 1.21. The second-order valence-electron chi connectivity index (χ2n) is 4.62. The van der Waals surface area contributed by atoms with Crippen molar-refractivity contribution in [1.82, 2.24) is 9.97 Å². The molecule has 3 heterocycles. The lowest BCUT2D eigenvalue weighted by molar-refractivity contribution is 0.579. The topological polar surface area (TPSA) is 57.9 Å². The first-order chi connectivity index (χ1) is 8.40. The molecule has 2 aromatic heterocycles. The largest absolute Gasteiger partial charge is 0.371 e. The highest BCUT2D eigenvalue weighted by Gasteiger charge is 2.16. The standard InChI is InChI=1S/C13H18N4/c14-8-10-9-16-13-12(10)11(4-5-15-13)17-6-2-1-3-7-17/h4-5,9H,1-3,6-8,14H2,(H,15,16). The van der Waals surface area contributed by atoms with Crippen LogP contribution in [0.3, 0.4) is 0 Å². The van der Waals surface area contributed by atoms with Gasteiger partial charge in [0, 0.05) is 43.1 Å². The summed E-state index contributed by atoms with van der Waals surface area (Å²) in [6, 6.07) is 2.11. The summed E-state index contributed by atoms with van der Waals surface area (Å²) in [6.45, 7) is 2.86. The van der Waals surface area contributed by atoms with Gasteiger partial charge in [0.05, 0.1) is 0 Å². The number of nitrogens with two attached hydrogens (primary N) is 1. The lowest BCUT2D eigenvalue weighted by Gasteiger charge is -2.29. The molecule has 0 aromatic carbocycles. The van der Waals surface area contributed by atoms with Gasteiger partial charge in [-0.1, -0.05) is 0 Å². The summed E-state index contributed by atoms with van der Waals surface area (Å²) < 4.78 is 0. The van der Waals surface area contributed by atoms with Gasteiger partial charge in [-0.05, 0) is 30.9 Å². The van der Waals surface area contributed by atoms with Crippen molar-refractivity contribution >= 4 is 16.7 Å². The van der Waals surface area contributed by atoms with Crippen LogP contribution in [0.15, 0.2) is 18.5 Å². The zero-order chi connectivity index (χ0) is 11.7. The van der Waals surface area contributed by atoms with Crippen molar-refractivity contribution in [1.29, 1.82) is 0 Å². The minimum absolute atomic E-state index is 0.562. The number of rotatable bonds is 2. The van der Waals surface area contributed by atoms with Gasteiger partial charge in [-0.2, -0.15) is 0 Å². The van der Waals surface area contributed by atoms with Crippen molar-refractivity contribution in [2.24, 2.45) is 5.73 Å². The molecular weight excluding hydrogens is 212 g/mol. The fourth-order valence-electron chi connectivity index (χ4n) is 2.66. The Kier molecular flexibility index (Phi) is 2.73. The van der Waals surface area contributed by atoms with Crippen LogP contribution in [-0.2, 0) is 6.54 Å². The number of pyridine rings is 1. The van der Waals surface area contributed by atoms with Gasteiger partial charge in [-0.3, -0.25) is 0 Å². The molecule has 1 saturated heterocycles. The van der Waals surface area contributed by atoms with Gasteiger partial charge in [0.25, 0.3) is 0 Å². The van der Waals surface area contributed by atoms with E-state index in [-0.39, 0.29) is 0 Å². The number of hydrogen-bond acceptors (Lipinski definition) is 3. The zero-order valence-electron chi connectivity index (χ0n) is 9.95. The number of nitrogens with zero attached hydrogens (tertiary/aromatic N) is 2. The Balaban J connectivity index is 2.10. The van der Waals surface area contributed by atoms with Gasteiger partial charge in [-0.25, -0.2) is 4.98 Å². The molecule has 1 aliphatic heterocycles. The molecule has 0 aliphatic carbocycles. The molecule has 0 bridgehead atoms. The van der Waals surface area contributed by atoms with E-state index in [1.165, 1.54) is 30.3 Å². The highest BCUT2D eigenvalue weighted by Crippen LogP contribution is 2.30. The van der Waals surface area contributed by atoms with Crippen LogP contribution in [0.25, 0.3) is 11.0 Å². The van der Waals surface area contributed by atoms with E-state index in [4.69, 9.17) is 5.73 Å². The molecule has 0 saturated carbocycles. The van der Waals surface area contributed by atoms with E-state index in [0.29, 0.717) is 6.54 Å². The van der Waals surface area contributed by atoms with Crippen LogP contribution in [-0.4, -0.2) is 23.1 Å². The van der Waals surface area contributed by atoms with Crippen molar-refractivity contribution in [3.63, 3.8) is 0 Å². The number of hydrogen-bond donors (Lipinski definition) is 2. The smallest absolute Gasteiger partial charge is 0.139 e. The predicted octanol–water partition coefficient (Wildman–Crippen LogP) is 2.01. The molecule has 0 amide bonds. The number of anilines is 1. The van der Waals surface area contributed by atoms with E-state index < -0.39 is 0 Å². The molecule has 3 N–H and O–H groups in total. The summed E-state index contributed by atoms with van der Waals surface area (Å²) in [6.07, 6.45) is 7.77. The van der Waals surface area contributed by atoms with E-state index in [1.54, 1.807) is 0 Å². The van der Waals surface area contributed by atoms with Crippen molar-refractivity contribution in [2.75, 3.05) is 18.0 Å². The van der Waals surface area contributed by atoms with Gasteiger partial charge in [-0.15, -0.1) is 0 Å². The van der Waals surface area contributed by atoms with Crippen LogP contribution in [0.1, 0.15) is 24.8 Å². The first-order valence-electron chi connectivity index (χ1n) is 6.30. The minimum atomic E-state index is 0.562. The number of aromatic amines is 1. The summed E-state index contributed by atoms with van der Waals surface area (Å²) in [5.41, 5.74) is 9.19. The fourth-order valence-corrected chi connectivity index (χ4v) is 2.66. The fraction of sp³-hybridized carbons (Fsp3) is 0.462. The molecule has 2 aromatic rings. The molecule has 17 heavy (non-hydrogen) atoms. The van der Waals surface area contributed by atoms with E-state index in [9.17, 15) is 0 Å². The lowest BCUT2D eigenvalue weighted by atomic mass is 10.1. The second-order valence-corrected chi connectivity index (χ2v) is 4.62. The lowest BCUT2D eigenvalue weighted by Crippen LogP contribution is -2.29. The molecule has 3 rings (SSSR count). The van der Waals surface area contributed by atoms with Gasteiger partial charge in [0.1, 0.15) is 5.65 Å². The molecule has 0 atom stereocenters. The van der Waals surface area contributed by atoms with Crippen LogP contribution in [0, 0.1) is 0 Å². The SMILES string of the molecule is NCc1c[nH]c2nccc(N3CCCCC3)c12. The van der Waals surface area contributed by atoms with Crippen LogP contribution < -0.4 is 10.6 Å². The van der Waals surface area contributed by atoms with Crippen LogP contribution >= 0.6 is 0 Å². The molecule has 1 aliphatic rings. The molecule has 0 unspecified atom stereocenters. The van der Waals surface area contributed by atoms with Crippen molar-refractivity contribution in [2.45, 2.75) is 25.8 Å². The van der Waals surface area contributed by atoms with E-state index in [1.807, 2.05) is 12.4 Å². The number of aromatic nitrogens is 2. The Labute approximate surface area is 101 Å². The van der Waals surface area contributed by atoms with Crippen LogP contribution in [0.5, 0.6) is 0 Å². The summed E-state index contributed by atoms with van der Waals surface area (Å²) in [5.74, 6) is 0. The van der Waals surface area contributed by atoms with Gasteiger partial charge in [0.15, 0.2) is 0 Å². The Morgan fingerprint density at radius 3 is 2.88 bits per heavy atom. The maximum Gasteiger partial charge on any atom is 0.139 e. The molecule has 0 radical (unpaired) electrons. The summed E-state index contributed by atoms with van der Waals surface area (Å²) >= 11 is 0. The molecule has 90 valence electrons. The van der Waals surface area contributed by atoms with Crippen LogP contribution in [0.2, 0.25) is 0 Å². The average Bonchev–Trinajstić information content (AvgIpc) is 2.82. The van der Waals surface area contributed by atoms with Gasteiger partial charge < -0.3 is 15.6 Å². The average molecular weight is 230 g/mol. The van der Waals surface area contributed by atoms with Crippen LogP contribution in [0.4, 0.5) is 5.69 Å². The Hall–Kier alpha value is -1.55. The zero-order valence-corrected chi connectivity index (χ0v) is 9.95. The maximum absolute atomic E-state index is 5.79. The second kappa shape index (κ2) is 4.37. The third kappa shape index (κ3) is 1.78. The predicted molar refractivity (Wildman–Crippen MR) is 70.0 cm³/mol. The summed E-state index contributed by atoms with van der Waals surface area (Å²) in [4.78, 5) is 10.0. The van der Waals surface area contributed by atoms with Crippen molar-refractivity contribution in [3.8, 4) is 0 Å². The van der Waals surface area contributed by atoms with E-state index in [2.05, 4.69) is 20.9 Å². The van der Waals surface area contributed by atoms with Crippen molar-refractivity contribution < 1.29 is 0 Å². The molecule has 0 spiro atoms. The third-order valence-corrected chi connectivity index (χ3v) is 3.55. The first-order valence-corrected chi connectivity index (χ1v) is 6.30. The minimum Gasteiger partial charge on any atom is -0.371 e. The summed E-state index contributed by atoms with van der Waals surface area (Å²) in [7, 11) is 0. The van der Waals surface area contributed by atoms with Gasteiger partial charge in [0.2, 0.25) is 0 Å². The monoisotopic (exact) mass is 230 g/mol. The van der Waals surface area contributed by atoms with Crippen molar-refractivity contribution in [3.05, 3.63) is 24.0 Å². The number of piperidine rings is 1. The molecule has 4 nitrogen and oxygen atoms in total. The highest BCUT2D eigenvalue weighted by atomic mass is 15.1. The Bertz CT molecular complexity index is 511. The molecule has 4 heteroatoms. The highest BCUT2D eigenvalue weighted by molar-refractivity contribution is 5.93. The first kappa shape index (κ1) is 10.6. The quantitative estimate of drug-likeness (QED) is 0.829. The Morgan fingerprint density at radius 1 is 1.29 bits per heavy atom. The van der Waals surface area contributed by atoms with Gasteiger partial charge >= 0.3 is 0 Å². The van der Waals surface area contributed by atoms with E-state index in [0.717, 1.165) is 24.3 Å². The number of fused-ring (bicyclic) bond motifs is 1. The third-order valence-electron chi connectivity index (χ3n) is 3.55.